The van der Waals surface area contributed by atoms with Crippen molar-refractivity contribution in [3.05, 3.63) is 41.7 Å². The lowest BCUT2D eigenvalue weighted by atomic mass is 9.95. The molecule has 3 fully saturated rings. The van der Waals surface area contributed by atoms with E-state index in [0.29, 0.717) is 43.4 Å². The quantitative estimate of drug-likeness (QED) is 0.676. The van der Waals surface area contributed by atoms with Gasteiger partial charge in [0.05, 0.1) is 11.3 Å². The molecule has 1 aromatic heterocycles. The van der Waals surface area contributed by atoms with Crippen LogP contribution in [0.5, 0.6) is 0 Å². The molecule has 1 saturated carbocycles. The largest absolute Gasteiger partial charge is 0.374 e. The van der Waals surface area contributed by atoms with Crippen molar-refractivity contribution >= 4 is 5.82 Å². The fourth-order valence-corrected chi connectivity index (χ4v) is 5.37. The average Bonchev–Trinajstić information content (AvgIpc) is 3.36. The monoisotopic (exact) mass is 448 g/mol. The van der Waals surface area contributed by atoms with Crippen LogP contribution < -0.4 is 5.32 Å². The summed E-state index contributed by atoms with van der Waals surface area (Å²) in [7, 11) is 0. The van der Waals surface area contributed by atoms with Gasteiger partial charge in [0.1, 0.15) is 11.6 Å². The first-order valence-corrected chi connectivity index (χ1v) is 11.3. The second-order valence-corrected chi connectivity index (χ2v) is 9.44. The summed E-state index contributed by atoms with van der Waals surface area (Å²) in [5.41, 5.74) is -0.985. The summed E-state index contributed by atoms with van der Waals surface area (Å²) in [5, 5.41) is 11.4. The molecule has 5 nitrogen and oxygen atoms in total. The lowest BCUT2D eigenvalue weighted by Gasteiger charge is -2.37. The van der Waals surface area contributed by atoms with Crippen LogP contribution in [0.2, 0.25) is 0 Å². The summed E-state index contributed by atoms with van der Waals surface area (Å²) < 4.78 is 64.6. The molecule has 2 aromatic rings. The highest BCUT2D eigenvalue weighted by molar-refractivity contribution is 5.60. The molecular weight excluding hydrogens is 417 g/mol. The van der Waals surface area contributed by atoms with E-state index in [0.717, 1.165) is 38.2 Å². The molecule has 172 valence electrons. The number of nitrogens with zero attached hydrogens (tertiary/aromatic N) is 3. The lowest BCUT2D eigenvalue weighted by molar-refractivity contribution is -0.0808. The van der Waals surface area contributed by atoms with Crippen LogP contribution in [0.1, 0.15) is 41.8 Å². The Bertz CT molecular complexity index is 1040. The molecule has 0 bridgehead atoms. The summed E-state index contributed by atoms with van der Waals surface area (Å²) in [6, 6.07) is 4.69. The van der Waals surface area contributed by atoms with Gasteiger partial charge in [-0.1, -0.05) is 0 Å². The highest BCUT2D eigenvalue weighted by Gasteiger charge is 2.43. The third kappa shape index (κ3) is 4.48. The maximum atomic E-state index is 14.0. The van der Waals surface area contributed by atoms with Crippen molar-refractivity contribution in [2.75, 3.05) is 31.5 Å². The molecule has 0 radical (unpaired) electrons. The zero-order valence-electron chi connectivity index (χ0n) is 20.1. The molecule has 0 amide bonds. The minimum Gasteiger partial charge on any atom is -0.374 e. The van der Waals surface area contributed by atoms with Gasteiger partial charge in [-0.2, -0.15) is 0 Å². The molecule has 1 aromatic carbocycles. The number of ether oxygens (including phenoxy) is 1. The number of likely N-dealkylation sites (tertiary alicyclic amines) is 1. The Hall–Kier alpha value is -2.19. The maximum absolute atomic E-state index is 14.0. The Morgan fingerprint density at radius 3 is 2.59 bits per heavy atom. The Balaban J connectivity index is 1.20. The predicted octanol–water partition coefficient (Wildman–Crippen LogP) is 4.64. The number of aromatic nitrogens is 2. The molecule has 2 unspecified atom stereocenters. The van der Waals surface area contributed by atoms with Crippen molar-refractivity contribution in [1.29, 1.82) is 0 Å². The molecule has 2 aliphatic heterocycles. The van der Waals surface area contributed by atoms with Gasteiger partial charge in [-0.15, -0.1) is 10.2 Å². The fraction of sp³-hybridized carbons (Fsp3) is 0.583. The van der Waals surface area contributed by atoms with Gasteiger partial charge in [0.15, 0.2) is 11.6 Å². The molecule has 1 N–H and O–H groups in total. The molecule has 3 heterocycles. The van der Waals surface area contributed by atoms with Crippen LogP contribution in [-0.4, -0.2) is 52.9 Å². The Morgan fingerprint density at radius 1 is 1.16 bits per heavy atom. The van der Waals surface area contributed by atoms with Gasteiger partial charge < -0.3 is 10.1 Å². The van der Waals surface area contributed by atoms with Gasteiger partial charge in [-0.3, -0.25) is 4.90 Å². The van der Waals surface area contributed by atoms with Crippen molar-refractivity contribution in [3.8, 4) is 11.3 Å². The normalized spacial score (nSPS) is 31.8. The van der Waals surface area contributed by atoms with E-state index < -0.39 is 29.5 Å². The molecule has 2 saturated heterocycles. The molecule has 4 atom stereocenters. The number of rotatable bonds is 5. The standard InChI is InChI=1S/C24H29F3N4O/c1-24(6-2-3-7-32-24)14-31-12-15-8-18(9-16(15)13-31)28-22-5-4-21(29-30-22)19-10-17(25)11-20(26)23(19)27/h4-5,10-11,15-16,18H,2-3,6-9,12-14H2,1H3,(H,28,30)/t15-,16+,18?,24?/i14D2. The smallest absolute Gasteiger partial charge is 0.168 e. The van der Waals surface area contributed by atoms with E-state index in [9.17, 15) is 13.2 Å². The number of fused-ring (bicyclic) bond motifs is 1. The van der Waals surface area contributed by atoms with E-state index in [1.165, 1.54) is 6.07 Å². The summed E-state index contributed by atoms with van der Waals surface area (Å²) in [4.78, 5) is 1.96. The number of hydrogen-bond donors (Lipinski definition) is 1. The molecular formula is C24H29F3N4O. The molecule has 3 aliphatic rings. The van der Waals surface area contributed by atoms with Crippen molar-refractivity contribution in [1.82, 2.24) is 15.1 Å². The summed E-state index contributed by atoms with van der Waals surface area (Å²) >= 11 is 0. The highest BCUT2D eigenvalue weighted by Crippen LogP contribution is 2.40. The van der Waals surface area contributed by atoms with Gasteiger partial charge in [0.25, 0.3) is 0 Å². The van der Waals surface area contributed by atoms with Gasteiger partial charge in [-0.05, 0) is 69.1 Å². The van der Waals surface area contributed by atoms with Crippen LogP contribution in [0.3, 0.4) is 0 Å². The molecule has 5 rings (SSSR count). The second-order valence-electron chi connectivity index (χ2n) is 9.44. The summed E-state index contributed by atoms with van der Waals surface area (Å²) in [6.07, 6.45) is 4.49. The topological polar surface area (TPSA) is 50.3 Å². The minimum absolute atomic E-state index is 0.0565. The number of hydrogen-bond acceptors (Lipinski definition) is 5. The predicted molar refractivity (Wildman–Crippen MR) is 116 cm³/mol. The van der Waals surface area contributed by atoms with Crippen molar-refractivity contribution in [3.63, 3.8) is 0 Å². The van der Waals surface area contributed by atoms with Crippen molar-refractivity contribution < 1.29 is 20.6 Å². The van der Waals surface area contributed by atoms with E-state index in [1.54, 1.807) is 6.07 Å². The first-order chi connectivity index (χ1) is 16.2. The van der Waals surface area contributed by atoms with Crippen LogP contribution in [0.25, 0.3) is 11.3 Å². The van der Waals surface area contributed by atoms with Crippen LogP contribution in [0, 0.1) is 29.3 Å². The average molecular weight is 449 g/mol. The Kier molecular flexibility index (Phi) is 5.20. The van der Waals surface area contributed by atoms with Crippen LogP contribution >= 0.6 is 0 Å². The van der Waals surface area contributed by atoms with Gasteiger partial charge in [0, 0.05) is 46.6 Å². The minimum atomic E-state index is -1.51. The van der Waals surface area contributed by atoms with E-state index in [-0.39, 0.29) is 17.3 Å². The van der Waals surface area contributed by atoms with E-state index >= 15 is 0 Å². The molecule has 8 heteroatoms. The zero-order chi connectivity index (χ0) is 24.1. The second kappa shape index (κ2) is 8.63. The van der Waals surface area contributed by atoms with Crippen LogP contribution in [-0.2, 0) is 4.74 Å². The van der Waals surface area contributed by atoms with Crippen LogP contribution in [0.15, 0.2) is 24.3 Å². The van der Waals surface area contributed by atoms with Crippen molar-refractivity contribution in [2.24, 2.45) is 11.8 Å². The highest BCUT2D eigenvalue weighted by atomic mass is 19.2. The Labute approximate surface area is 189 Å². The molecule has 32 heavy (non-hydrogen) atoms. The molecule has 1 aliphatic carbocycles. The third-order valence-corrected chi connectivity index (χ3v) is 6.90. The third-order valence-electron chi connectivity index (χ3n) is 6.90. The number of benzene rings is 1. The molecule has 0 spiro atoms. The van der Waals surface area contributed by atoms with Gasteiger partial charge >= 0.3 is 0 Å². The fourth-order valence-electron chi connectivity index (χ4n) is 5.37. The van der Waals surface area contributed by atoms with E-state index in [2.05, 4.69) is 15.5 Å². The maximum Gasteiger partial charge on any atom is 0.168 e. The number of anilines is 1. The number of nitrogens with one attached hydrogen (secondary N) is 1. The van der Waals surface area contributed by atoms with E-state index in [4.69, 9.17) is 7.48 Å². The van der Waals surface area contributed by atoms with Gasteiger partial charge in [-0.25, -0.2) is 13.2 Å². The first kappa shape index (κ1) is 19.3. The first-order valence-electron chi connectivity index (χ1n) is 12.3. The van der Waals surface area contributed by atoms with Gasteiger partial charge in [0.2, 0.25) is 0 Å². The summed E-state index contributed by atoms with van der Waals surface area (Å²) in [6.45, 7) is 2.40. The Morgan fingerprint density at radius 2 is 1.94 bits per heavy atom. The SMILES string of the molecule is [2H]C([2H])(N1C[C@H]2CC(Nc3ccc(-c4cc(F)cc(F)c4F)nn3)C[C@H]2C1)C1(C)CCCCO1. The lowest BCUT2D eigenvalue weighted by Crippen LogP contribution is -2.44. The van der Waals surface area contributed by atoms with E-state index in [1.807, 2.05) is 11.8 Å². The van der Waals surface area contributed by atoms with Crippen molar-refractivity contribution in [2.45, 2.75) is 50.7 Å². The number of halogens is 3. The zero-order valence-corrected chi connectivity index (χ0v) is 18.1. The van der Waals surface area contributed by atoms with Crippen LogP contribution in [0.4, 0.5) is 19.0 Å². The summed E-state index contributed by atoms with van der Waals surface area (Å²) in [5.74, 6) is -2.01.